The molecule has 0 atom stereocenters. The van der Waals surface area contributed by atoms with Gasteiger partial charge in [-0.25, -0.2) is 4.90 Å². The van der Waals surface area contributed by atoms with Crippen LogP contribution in [0.15, 0.2) is 29.3 Å². The van der Waals surface area contributed by atoms with Gasteiger partial charge in [0.2, 0.25) is 0 Å². The first kappa shape index (κ1) is 13.8. The van der Waals surface area contributed by atoms with Crippen molar-refractivity contribution < 1.29 is 14.5 Å². The monoisotopic (exact) mass is 306 g/mol. The Morgan fingerprint density at radius 2 is 1.67 bits per heavy atom. The number of nitro groups is 1. The van der Waals surface area contributed by atoms with Gasteiger partial charge in [-0.1, -0.05) is 11.6 Å². The Labute approximate surface area is 125 Å². The zero-order valence-corrected chi connectivity index (χ0v) is 11.7. The first-order valence-electron chi connectivity index (χ1n) is 6.55. The van der Waals surface area contributed by atoms with Crippen LogP contribution in [0.3, 0.4) is 0 Å². The lowest BCUT2D eigenvalue weighted by molar-refractivity contribution is -0.384. The van der Waals surface area contributed by atoms with Crippen LogP contribution >= 0.6 is 11.6 Å². The fourth-order valence-corrected chi connectivity index (χ4v) is 3.01. The zero-order valence-electron chi connectivity index (χ0n) is 11.0. The van der Waals surface area contributed by atoms with Gasteiger partial charge in [-0.2, -0.15) is 0 Å². The van der Waals surface area contributed by atoms with Crippen molar-refractivity contribution in [2.75, 3.05) is 4.90 Å². The molecule has 6 nitrogen and oxygen atoms in total. The first-order valence-corrected chi connectivity index (χ1v) is 6.93. The van der Waals surface area contributed by atoms with Crippen LogP contribution in [-0.4, -0.2) is 16.7 Å². The van der Waals surface area contributed by atoms with E-state index in [1.165, 1.54) is 12.1 Å². The molecule has 0 saturated heterocycles. The van der Waals surface area contributed by atoms with Gasteiger partial charge in [0.1, 0.15) is 0 Å². The summed E-state index contributed by atoms with van der Waals surface area (Å²) in [4.78, 5) is 35.9. The van der Waals surface area contributed by atoms with E-state index in [0.29, 0.717) is 24.0 Å². The van der Waals surface area contributed by atoms with E-state index in [1.54, 1.807) is 0 Å². The summed E-state index contributed by atoms with van der Waals surface area (Å²) < 4.78 is 0. The van der Waals surface area contributed by atoms with Crippen molar-refractivity contribution in [2.45, 2.75) is 25.7 Å². The largest absolute Gasteiger partial charge is 0.271 e. The molecule has 3 rings (SSSR count). The minimum Gasteiger partial charge on any atom is -0.269 e. The third-order valence-corrected chi connectivity index (χ3v) is 4.08. The van der Waals surface area contributed by atoms with Crippen LogP contribution in [-0.2, 0) is 9.59 Å². The van der Waals surface area contributed by atoms with Gasteiger partial charge in [-0.3, -0.25) is 19.7 Å². The van der Waals surface area contributed by atoms with Gasteiger partial charge in [0.25, 0.3) is 17.5 Å². The molecular weight excluding hydrogens is 296 g/mol. The summed E-state index contributed by atoms with van der Waals surface area (Å²) in [5.74, 6) is -0.712. The van der Waals surface area contributed by atoms with Gasteiger partial charge in [0, 0.05) is 23.3 Å². The number of hydrogen-bond acceptors (Lipinski definition) is 4. The van der Waals surface area contributed by atoms with E-state index in [0.717, 1.165) is 23.8 Å². The van der Waals surface area contributed by atoms with Crippen LogP contribution in [0.25, 0.3) is 0 Å². The maximum Gasteiger partial charge on any atom is 0.271 e. The highest BCUT2D eigenvalue weighted by Crippen LogP contribution is 2.38. The molecule has 1 aliphatic carbocycles. The summed E-state index contributed by atoms with van der Waals surface area (Å²) >= 11 is 6.01. The molecule has 0 N–H and O–H groups in total. The standard InChI is InChI=1S/C14H11ClN2O4/c15-11-7-8(17(20)21)5-6-12(11)16-13(18)9-3-1-2-4-10(9)14(16)19/h5-7H,1-4H2. The number of hydrogen-bond donors (Lipinski definition) is 0. The molecule has 21 heavy (non-hydrogen) atoms. The molecule has 108 valence electrons. The van der Waals surface area contributed by atoms with Gasteiger partial charge < -0.3 is 0 Å². The number of imide groups is 1. The SMILES string of the molecule is O=C1C2=C(CCCC2)C(=O)N1c1ccc([N+](=O)[O-])cc1Cl. The van der Waals surface area contributed by atoms with Crippen LogP contribution in [0.4, 0.5) is 11.4 Å². The number of nitrogens with zero attached hydrogens (tertiary/aromatic N) is 2. The normalized spacial score (nSPS) is 18.2. The Morgan fingerprint density at radius 1 is 1.10 bits per heavy atom. The van der Waals surface area contributed by atoms with Crippen molar-refractivity contribution in [2.24, 2.45) is 0 Å². The van der Waals surface area contributed by atoms with E-state index in [-0.39, 0.29) is 28.2 Å². The highest BCUT2D eigenvalue weighted by atomic mass is 35.5. The molecule has 0 saturated carbocycles. The topological polar surface area (TPSA) is 80.5 Å². The second kappa shape index (κ2) is 4.96. The Hall–Kier alpha value is -2.21. The maximum atomic E-state index is 12.4. The second-order valence-electron chi connectivity index (χ2n) is 5.00. The van der Waals surface area contributed by atoms with Crippen LogP contribution in [0, 0.1) is 10.1 Å². The fourth-order valence-electron chi connectivity index (χ4n) is 2.75. The molecule has 0 radical (unpaired) electrons. The summed E-state index contributed by atoms with van der Waals surface area (Å²) in [7, 11) is 0. The molecule has 1 aliphatic heterocycles. The van der Waals surface area contributed by atoms with Gasteiger partial charge in [0.05, 0.1) is 15.6 Å². The lowest BCUT2D eigenvalue weighted by atomic mass is 9.93. The third-order valence-electron chi connectivity index (χ3n) is 3.77. The van der Waals surface area contributed by atoms with Gasteiger partial charge in [-0.05, 0) is 31.7 Å². The lowest BCUT2D eigenvalue weighted by Gasteiger charge is -2.16. The van der Waals surface area contributed by atoms with Gasteiger partial charge in [-0.15, -0.1) is 0 Å². The highest BCUT2D eigenvalue weighted by molar-refractivity contribution is 6.39. The van der Waals surface area contributed by atoms with Crippen molar-refractivity contribution in [1.29, 1.82) is 0 Å². The van der Waals surface area contributed by atoms with Gasteiger partial charge in [0.15, 0.2) is 0 Å². The third kappa shape index (κ3) is 2.12. The summed E-state index contributed by atoms with van der Waals surface area (Å²) in [6, 6.07) is 3.72. The molecule has 2 aliphatic rings. The van der Waals surface area contributed by atoms with E-state index in [9.17, 15) is 19.7 Å². The van der Waals surface area contributed by atoms with Crippen LogP contribution in [0.5, 0.6) is 0 Å². The van der Waals surface area contributed by atoms with Crippen molar-refractivity contribution >= 4 is 34.8 Å². The van der Waals surface area contributed by atoms with Crippen molar-refractivity contribution in [1.82, 2.24) is 0 Å². The molecule has 0 unspecified atom stereocenters. The summed E-state index contributed by atoms with van der Waals surface area (Å²) in [6.07, 6.45) is 2.97. The van der Waals surface area contributed by atoms with Crippen molar-refractivity contribution in [3.05, 3.63) is 44.5 Å². The lowest BCUT2D eigenvalue weighted by Crippen LogP contribution is -2.31. The van der Waals surface area contributed by atoms with E-state index in [1.807, 2.05) is 0 Å². The number of rotatable bonds is 2. The number of benzene rings is 1. The van der Waals surface area contributed by atoms with E-state index >= 15 is 0 Å². The quantitative estimate of drug-likeness (QED) is 0.478. The molecule has 0 fully saturated rings. The number of halogens is 1. The highest BCUT2D eigenvalue weighted by Gasteiger charge is 2.40. The number of nitro benzene ring substituents is 1. The average molecular weight is 307 g/mol. The molecule has 1 aromatic rings. The van der Waals surface area contributed by atoms with Crippen LogP contribution in [0.2, 0.25) is 5.02 Å². The molecule has 7 heteroatoms. The van der Waals surface area contributed by atoms with Crippen molar-refractivity contribution in [3.8, 4) is 0 Å². The Morgan fingerprint density at radius 3 is 2.14 bits per heavy atom. The number of non-ortho nitro benzene ring substituents is 1. The van der Waals surface area contributed by atoms with Crippen LogP contribution in [0.1, 0.15) is 25.7 Å². The average Bonchev–Trinajstić information content (AvgIpc) is 2.72. The fraction of sp³-hybridized carbons (Fsp3) is 0.286. The summed E-state index contributed by atoms with van der Waals surface area (Å²) in [5.41, 5.74) is 1.13. The Bertz CT molecular complexity index is 683. The molecule has 0 aromatic heterocycles. The number of anilines is 1. The molecule has 2 amide bonds. The molecule has 0 bridgehead atoms. The van der Waals surface area contributed by atoms with Crippen LogP contribution < -0.4 is 4.90 Å². The molecule has 1 heterocycles. The van der Waals surface area contributed by atoms with E-state index < -0.39 is 4.92 Å². The summed E-state index contributed by atoms with van der Waals surface area (Å²) in [6.45, 7) is 0. The zero-order chi connectivity index (χ0) is 15.1. The van der Waals surface area contributed by atoms with Crippen molar-refractivity contribution in [3.63, 3.8) is 0 Å². The second-order valence-corrected chi connectivity index (χ2v) is 5.41. The molecule has 1 aromatic carbocycles. The molecular formula is C14H11ClN2O4. The number of carbonyl (C=O) groups is 2. The minimum atomic E-state index is -0.577. The summed E-state index contributed by atoms with van der Waals surface area (Å²) in [5, 5.41) is 10.7. The predicted molar refractivity (Wildman–Crippen MR) is 76.1 cm³/mol. The smallest absolute Gasteiger partial charge is 0.269 e. The number of amides is 2. The number of carbonyl (C=O) groups excluding carboxylic acids is 2. The Balaban J connectivity index is 2.01. The first-order chi connectivity index (χ1) is 10.0. The Kier molecular flexibility index (Phi) is 3.25. The predicted octanol–water partition coefficient (Wildman–Crippen LogP) is 2.99. The van der Waals surface area contributed by atoms with E-state index in [2.05, 4.69) is 0 Å². The maximum absolute atomic E-state index is 12.4. The van der Waals surface area contributed by atoms with E-state index in [4.69, 9.17) is 11.6 Å². The molecule has 0 spiro atoms. The van der Waals surface area contributed by atoms with Gasteiger partial charge >= 0.3 is 0 Å². The minimum absolute atomic E-state index is 0.0192.